The average molecular weight is 494 g/mol. The number of hydrogen-bond donors (Lipinski definition) is 3. The van der Waals surface area contributed by atoms with E-state index in [1.165, 1.54) is 0 Å². The lowest BCUT2D eigenvalue weighted by Crippen LogP contribution is -2.21. The molecule has 0 aliphatic rings. The van der Waals surface area contributed by atoms with Crippen molar-refractivity contribution in [2.45, 2.75) is 6.54 Å². The molecule has 0 saturated carbocycles. The van der Waals surface area contributed by atoms with E-state index in [0.717, 1.165) is 28.8 Å². The van der Waals surface area contributed by atoms with Crippen molar-refractivity contribution in [3.05, 3.63) is 96.4 Å². The molecule has 0 fully saturated rings. The van der Waals surface area contributed by atoms with Gasteiger partial charge in [0.15, 0.2) is 5.75 Å². The molecule has 1 amide bonds. The lowest BCUT2D eigenvalue weighted by atomic mass is 9.97. The van der Waals surface area contributed by atoms with E-state index in [9.17, 15) is 15.0 Å². The largest absolute Gasteiger partial charge is 0.504 e. The van der Waals surface area contributed by atoms with Crippen molar-refractivity contribution in [1.29, 1.82) is 0 Å². The van der Waals surface area contributed by atoms with Gasteiger partial charge in [0.05, 0.1) is 12.8 Å². The van der Waals surface area contributed by atoms with Crippen LogP contribution in [0.15, 0.2) is 85.3 Å². The Morgan fingerprint density at radius 1 is 1.00 bits per heavy atom. The first-order valence-corrected chi connectivity index (χ1v) is 11.9. The number of amides is 1. The number of carbonyl (C=O) groups excluding carboxylic acids is 1. The van der Waals surface area contributed by atoms with Crippen LogP contribution >= 0.6 is 0 Å². The number of aromatic hydroxyl groups is 1. The maximum atomic E-state index is 11.7. The van der Waals surface area contributed by atoms with Gasteiger partial charge in [-0.15, -0.1) is 0 Å². The maximum Gasteiger partial charge on any atom is 0.248 e. The number of rotatable bonds is 8. The first-order chi connectivity index (χ1) is 18.0. The molecule has 37 heavy (non-hydrogen) atoms. The Kier molecular flexibility index (Phi) is 6.68. The van der Waals surface area contributed by atoms with Gasteiger partial charge in [0, 0.05) is 29.9 Å². The molecule has 5 rings (SSSR count). The molecule has 0 spiro atoms. The number of carbonyl (C=O) groups is 1. The molecule has 3 aromatic carbocycles. The number of nitrogens with two attached hydrogens (primary N) is 1. The maximum absolute atomic E-state index is 11.7. The molecule has 8 nitrogen and oxygen atoms in total. The predicted octanol–water partition coefficient (Wildman–Crippen LogP) is 3.98. The summed E-state index contributed by atoms with van der Waals surface area (Å²) in [6.07, 6.45) is 3.21. The van der Waals surface area contributed by atoms with Gasteiger partial charge in [0.1, 0.15) is 23.1 Å². The highest BCUT2D eigenvalue weighted by Gasteiger charge is 2.17. The van der Waals surface area contributed by atoms with Crippen LogP contribution in [0.3, 0.4) is 0 Å². The molecule has 0 atom stereocenters. The zero-order valence-electron chi connectivity index (χ0n) is 20.4. The second kappa shape index (κ2) is 10.2. The minimum absolute atomic E-state index is 0.00161. The van der Waals surface area contributed by atoms with Crippen molar-refractivity contribution < 1.29 is 15.0 Å². The molecule has 0 aliphatic heterocycles. The van der Waals surface area contributed by atoms with Crippen molar-refractivity contribution in [1.82, 2.24) is 19.4 Å². The summed E-state index contributed by atoms with van der Waals surface area (Å²) in [7, 11) is 1.98. The van der Waals surface area contributed by atoms with Gasteiger partial charge in [-0.1, -0.05) is 54.6 Å². The van der Waals surface area contributed by atoms with Crippen LogP contribution in [-0.4, -0.2) is 55.8 Å². The Morgan fingerprint density at radius 3 is 2.51 bits per heavy atom. The molecule has 0 aliphatic carbocycles. The molecule has 186 valence electrons. The van der Waals surface area contributed by atoms with E-state index in [1.807, 2.05) is 49.5 Å². The summed E-state index contributed by atoms with van der Waals surface area (Å²) in [5, 5.41) is 20.5. The van der Waals surface area contributed by atoms with Crippen LogP contribution < -0.4 is 5.73 Å². The predicted molar refractivity (Wildman–Crippen MR) is 143 cm³/mol. The minimum Gasteiger partial charge on any atom is -0.504 e. The van der Waals surface area contributed by atoms with Gasteiger partial charge in [0.2, 0.25) is 5.91 Å². The summed E-state index contributed by atoms with van der Waals surface area (Å²) in [6, 6.07) is 22.9. The zero-order valence-corrected chi connectivity index (χ0v) is 20.4. The monoisotopic (exact) mass is 493 g/mol. The standard InChI is InChI=1S/C29H27N5O3/c1-33(13-14-35)17-22-5-2-3-8-24(22)19-9-11-20(12-10-19)26-28(36)27-25(16-31-26)32-18-34(27)23-7-4-6-21(15-23)29(30)37/h2-12,15-16,18,35-36H,13-14,17H2,1H3,(H2,30,37). The second-order valence-corrected chi connectivity index (χ2v) is 8.91. The lowest BCUT2D eigenvalue weighted by molar-refractivity contribution is 0.1000. The summed E-state index contributed by atoms with van der Waals surface area (Å²) < 4.78 is 1.72. The van der Waals surface area contributed by atoms with E-state index in [4.69, 9.17) is 5.73 Å². The third kappa shape index (κ3) is 4.80. The molecule has 0 radical (unpaired) electrons. The minimum atomic E-state index is -0.528. The lowest BCUT2D eigenvalue weighted by Gasteiger charge is -2.18. The molecular formula is C29H27N5O3. The number of aromatic nitrogens is 3. The number of aliphatic hydroxyl groups excluding tert-OH is 1. The van der Waals surface area contributed by atoms with Gasteiger partial charge in [-0.3, -0.25) is 14.3 Å². The summed E-state index contributed by atoms with van der Waals surface area (Å²) in [4.78, 5) is 22.6. The number of benzene rings is 3. The fraction of sp³-hybridized carbons (Fsp3) is 0.138. The Labute approximate surface area is 214 Å². The number of fused-ring (bicyclic) bond motifs is 1. The van der Waals surface area contributed by atoms with Crippen molar-refractivity contribution >= 4 is 16.9 Å². The van der Waals surface area contributed by atoms with Crippen LogP contribution in [0.4, 0.5) is 0 Å². The molecule has 2 aromatic heterocycles. The highest BCUT2D eigenvalue weighted by atomic mass is 16.3. The molecule has 0 bridgehead atoms. The summed E-state index contributed by atoms with van der Waals surface area (Å²) >= 11 is 0. The number of primary amides is 1. The molecule has 0 unspecified atom stereocenters. The molecule has 5 aromatic rings. The Bertz CT molecular complexity index is 1580. The van der Waals surface area contributed by atoms with Crippen molar-refractivity contribution in [2.24, 2.45) is 5.73 Å². The Balaban J connectivity index is 1.51. The van der Waals surface area contributed by atoms with Gasteiger partial charge in [-0.2, -0.15) is 0 Å². The summed E-state index contributed by atoms with van der Waals surface area (Å²) in [5.41, 5.74) is 12.0. The quantitative estimate of drug-likeness (QED) is 0.301. The van der Waals surface area contributed by atoms with Gasteiger partial charge >= 0.3 is 0 Å². The third-order valence-electron chi connectivity index (χ3n) is 6.38. The van der Waals surface area contributed by atoms with E-state index in [2.05, 4.69) is 27.0 Å². The van der Waals surface area contributed by atoms with Crippen molar-refractivity contribution in [3.63, 3.8) is 0 Å². The molecule has 2 heterocycles. The van der Waals surface area contributed by atoms with Gasteiger partial charge in [0.25, 0.3) is 0 Å². The number of hydrogen-bond acceptors (Lipinski definition) is 6. The molecule has 4 N–H and O–H groups in total. The number of imidazole rings is 1. The second-order valence-electron chi connectivity index (χ2n) is 8.91. The SMILES string of the molecule is CN(CCO)Cc1ccccc1-c1ccc(-c2ncc3ncn(-c4cccc(C(N)=O)c4)c3c2O)cc1. The number of nitrogens with zero attached hydrogens (tertiary/aromatic N) is 4. The van der Waals surface area contributed by atoms with Crippen LogP contribution in [0.5, 0.6) is 5.75 Å². The molecule has 0 saturated heterocycles. The Morgan fingerprint density at radius 2 is 1.76 bits per heavy atom. The van der Waals surface area contributed by atoms with E-state index in [-0.39, 0.29) is 12.4 Å². The first kappa shape index (κ1) is 24.2. The topological polar surface area (TPSA) is 118 Å². The molecule has 8 heteroatoms. The van der Waals surface area contributed by atoms with E-state index >= 15 is 0 Å². The van der Waals surface area contributed by atoms with Crippen LogP contribution in [0.25, 0.3) is 39.1 Å². The van der Waals surface area contributed by atoms with Crippen molar-refractivity contribution in [3.8, 4) is 33.8 Å². The van der Waals surface area contributed by atoms with Crippen LogP contribution in [0.1, 0.15) is 15.9 Å². The highest BCUT2D eigenvalue weighted by molar-refractivity contribution is 5.94. The fourth-order valence-corrected chi connectivity index (χ4v) is 4.50. The van der Waals surface area contributed by atoms with Crippen LogP contribution in [0.2, 0.25) is 0 Å². The highest BCUT2D eigenvalue weighted by Crippen LogP contribution is 2.36. The number of pyridine rings is 1. The average Bonchev–Trinajstić information content (AvgIpc) is 3.35. The summed E-state index contributed by atoms with van der Waals surface area (Å²) in [5.74, 6) is -0.530. The van der Waals surface area contributed by atoms with E-state index in [0.29, 0.717) is 34.5 Å². The van der Waals surface area contributed by atoms with E-state index in [1.54, 1.807) is 35.3 Å². The summed E-state index contributed by atoms with van der Waals surface area (Å²) in [6.45, 7) is 1.44. The fourth-order valence-electron chi connectivity index (χ4n) is 4.50. The zero-order chi connectivity index (χ0) is 25.9. The molecular weight excluding hydrogens is 466 g/mol. The van der Waals surface area contributed by atoms with Crippen LogP contribution in [-0.2, 0) is 6.54 Å². The van der Waals surface area contributed by atoms with E-state index < -0.39 is 5.91 Å². The normalized spacial score (nSPS) is 11.3. The Hall–Kier alpha value is -4.53. The van der Waals surface area contributed by atoms with Gasteiger partial charge in [-0.05, 0) is 41.9 Å². The third-order valence-corrected chi connectivity index (χ3v) is 6.38. The van der Waals surface area contributed by atoms with Crippen LogP contribution in [0, 0.1) is 0 Å². The van der Waals surface area contributed by atoms with Gasteiger partial charge in [-0.25, -0.2) is 9.97 Å². The number of aliphatic hydroxyl groups is 1. The first-order valence-electron chi connectivity index (χ1n) is 11.9. The number of likely N-dealkylation sites (N-methyl/N-ethyl adjacent to an activating group) is 1. The van der Waals surface area contributed by atoms with Gasteiger partial charge < -0.3 is 15.9 Å². The van der Waals surface area contributed by atoms with Crippen molar-refractivity contribution in [2.75, 3.05) is 20.2 Å². The smallest absolute Gasteiger partial charge is 0.248 e.